The normalized spacial score (nSPS) is 17.6. The fraction of sp³-hybridized carbons (Fsp3) is 0.200. The van der Waals surface area contributed by atoms with Crippen molar-refractivity contribution >= 4 is 11.8 Å². The zero-order valence-electron chi connectivity index (χ0n) is 10.8. The van der Waals surface area contributed by atoms with Crippen LogP contribution in [0.5, 0.6) is 0 Å². The zero-order valence-corrected chi connectivity index (χ0v) is 10.8. The van der Waals surface area contributed by atoms with Crippen molar-refractivity contribution in [3.8, 4) is 0 Å². The average Bonchev–Trinajstić information content (AvgIpc) is 2.99. The van der Waals surface area contributed by atoms with E-state index in [-0.39, 0.29) is 11.7 Å². The molecule has 2 heterocycles. The van der Waals surface area contributed by atoms with Gasteiger partial charge in [-0.2, -0.15) is 0 Å². The summed E-state index contributed by atoms with van der Waals surface area (Å²) in [6, 6.07) is 10.3. The van der Waals surface area contributed by atoms with E-state index in [1.807, 2.05) is 24.3 Å². The lowest BCUT2D eigenvalue weighted by Crippen LogP contribution is -2.51. The van der Waals surface area contributed by atoms with Gasteiger partial charge in [-0.05, 0) is 23.3 Å². The summed E-state index contributed by atoms with van der Waals surface area (Å²) >= 11 is 0. The van der Waals surface area contributed by atoms with Crippen LogP contribution in [0.1, 0.15) is 21.7 Å². The Kier molecular flexibility index (Phi) is 3.02. The van der Waals surface area contributed by atoms with E-state index in [0.29, 0.717) is 13.0 Å². The van der Waals surface area contributed by atoms with Crippen LogP contribution in [0.15, 0.2) is 47.1 Å². The summed E-state index contributed by atoms with van der Waals surface area (Å²) in [5.41, 5.74) is 7.53. The Hall–Kier alpha value is -2.56. The fourth-order valence-corrected chi connectivity index (χ4v) is 2.53. The Bertz CT molecular complexity index is 649. The maximum atomic E-state index is 12.4. The van der Waals surface area contributed by atoms with Gasteiger partial charge in [-0.1, -0.05) is 24.3 Å². The van der Waals surface area contributed by atoms with Crippen molar-refractivity contribution < 1.29 is 14.0 Å². The van der Waals surface area contributed by atoms with Gasteiger partial charge >= 0.3 is 0 Å². The van der Waals surface area contributed by atoms with E-state index in [1.54, 1.807) is 12.1 Å². The van der Waals surface area contributed by atoms with Crippen molar-refractivity contribution in [3.63, 3.8) is 0 Å². The number of nitrogens with zero attached hydrogens (tertiary/aromatic N) is 1. The molecule has 1 aromatic heterocycles. The van der Waals surface area contributed by atoms with Gasteiger partial charge in [0.25, 0.3) is 5.91 Å². The van der Waals surface area contributed by atoms with Gasteiger partial charge < -0.3 is 15.1 Å². The van der Waals surface area contributed by atoms with Gasteiger partial charge in [0.1, 0.15) is 6.04 Å². The fourth-order valence-electron chi connectivity index (χ4n) is 2.53. The van der Waals surface area contributed by atoms with Gasteiger partial charge in [0.05, 0.1) is 6.26 Å². The first-order valence-electron chi connectivity index (χ1n) is 6.37. The largest absolute Gasteiger partial charge is 0.459 e. The highest BCUT2D eigenvalue weighted by molar-refractivity contribution is 5.95. The molecule has 1 aromatic carbocycles. The number of rotatable bonds is 2. The van der Waals surface area contributed by atoms with Gasteiger partial charge in [0.2, 0.25) is 5.91 Å². The molecule has 0 saturated carbocycles. The third-order valence-electron chi connectivity index (χ3n) is 3.57. The number of amides is 2. The van der Waals surface area contributed by atoms with Crippen LogP contribution in [-0.4, -0.2) is 22.8 Å². The lowest BCUT2D eigenvalue weighted by atomic mass is 9.93. The van der Waals surface area contributed by atoms with Crippen LogP contribution in [0.25, 0.3) is 0 Å². The molecule has 2 N–H and O–H groups in total. The number of benzene rings is 1. The molecule has 0 radical (unpaired) electrons. The third-order valence-corrected chi connectivity index (χ3v) is 3.57. The summed E-state index contributed by atoms with van der Waals surface area (Å²) < 4.78 is 5.12. The van der Waals surface area contributed by atoms with Crippen molar-refractivity contribution in [2.24, 2.45) is 5.73 Å². The van der Waals surface area contributed by atoms with E-state index in [9.17, 15) is 9.59 Å². The molecule has 20 heavy (non-hydrogen) atoms. The monoisotopic (exact) mass is 270 g/mol. The Morgan fingerprint density at radius 1 is 1.15 bits per heavy atom. The van der Waals surface area contributed by atoms with Gasteiger partial charge in [-0.3, -0.25) is 9.59 Å². The zero-order chi connectivity index (χ0) is 14.1. The highest BCUT2D eigenvalue weighted by Crippen LogP contribution is 2.24. The molecule has 0 fully saturated rings. The van der Waals surface area contributed by atoms with Crippen LogP contribution in [0.2, 0.25) is 0 Å². The molecule has 2 aromatic rings. The molecule has 0 bridgehead atoms. The third kappa shape index (κ3) is 2.07. The van der Waals surface area contributed by atoms with Crippen LogP contribution >= 0.6 is 0 Å². The molecule has 1 aliphatic heterocycles. The first-order chi connectivity index (χ1) is 9.66. The molecule has 0 unspecified atom stereocenters. The van der Waals surface area contributed by atoms with Crippen molar-refractivity contribution in [3.05, 3.63) is 59.5 Å². The van der Waals surface area contributed by atoms with Gasteiger partial charge in [-0.15, -0.1) is 0 Å². The van der Waals surface area contributed by atoms with Crippen molar-refractivity contribution in [1.29, 1.82) is 0 Å². The van der Waals surface area contributed by atoms with E-state index < -0.39 is 11.9 Å². The molecular formula is C15H14N2O3. The lowest BCUT2D eigenvalue weighted by molar-refractivity contribution is -0.122. The molecule has 0 aliphatic carbocycles. The number of carbonyl (C=O) groups excluding carboxylic acids is 2. The molecule has 2 amide bonds. The smallest absolute Gasteiger partial charge is 0.290 e. The maximum Gasteiger partial charge on any atom is 0.290 e. The molecule has 5 nitrogen and oxygen atoms in total. The minimum Gasteiger partial charge on any atom is -0.459 e. The summed E-state index contributed by atoms with van der Waals surface area (Å²) in [6.45, 7) is 0.364. The summed E-state index contributed by atoms with van der Waals surface area (Å²) in [6.07, 6.45) is 1.88. The summed E-state index contributed by atoms with van der Waals surface area (Å²) in [4.78, 5) is 25.5. The number of furan rings is 1. The highest BCUT2D eigenvalue weighted by Gasteiger charge is 2.34. The standard InChI is InChI=1S/C15H14N2O3/c16-14(18)12-8-10-4-1-2-5-11(10)9-17(12)15(19)13-6-3-7-20-13/h1-7,12H,8-9H2,(H2,16,18)/t12-/m0/s1. The van der Waals surface area contributed by atoms with E-state index >= 15 is 0 Å². The van der Waals surface area contributed by atoms with Gasteiger partial charge in [0.15, 0.2) is 5.76 Å². The van der Waals surface area contributed by atoms with E-state index in [2.05, 4.69) is 0 Å². The summed E-state index contributed by atoms with van der Waals surface area (Å²) in [5, 5.41) is 0. The Labute approximate surface area is 116 Å². The molecule has 0 saturated heterocycles. The van der Waals surface area contributed by atoms with Gasteiger partial charge in [-0.25, -0.2) is 0 Å². The Morgan fingerprint density at radius 3 is 2.55 bits per heavy atom. The van der Waals surface area contributed by atoms with Crippen LogP contribution in [0.3, 0.4) is 0 Å². The second-order valence-corrected chi connectivity index (χ2v) is 4.80. The highest BCUT2D eigenvalue weighted by atomic mass is 16.3. The number of carbonyl (C=O) groups is 2. The molecule has 0 spiro atoms. The van der Waals surface area contributed by atoms with Crippen LogP contribution < -0.4 is 5.73 Å². The molecule has 3 rings (SSSR count). The molecule has 1 aliphatic rings. The van der Waals surface area contributed by atoms with Crippen LogP contribution in [0.4, 0.5) is 0 Å². The number of nitrogens with two attached hydrogens (primary N) is 1. The SMILES string of the molecule is NC(=O)[C@@H]1Cc2ccccc2CN1C(=O)c1ccco1. The average molecular weight is 270 g/mol. The minimum absolute atomic E-state index is 0.218. The van der Waals surface area contributed by atoms with Crippen LogP contribution in [-0.2, 0) is 17.8 Å². The second-order valence-electron chi connectivity index (χ2n) is 4.80. The van der Waals surface area contributed by atoms with Gasteiger partial charge in [0, 0.05) is 13.0 Å². The first kappa shape index (κ1) is 12.5. The van der Waals surface area contributed by atoms with Crippen molar-refractivity contribution in [1.82, 2.24) is 4.90 Å². The Morgan fingerprint density at radius 2 is 1.90 bits per heavy atom. The second kappa shape index (κ2) is 4.85. The van der Waals surface area contributed by atoms with E-state index in [0.717, 1.165) is 11.1 Å². The molecule has 5 heteroatoms. The minimum atomic E-state index is -0.637. The Balaban J connectivity index is 1.96. The van der Waals surface area contributed by atoms with Crippen molar-refractivity contribution in [2.45, 2.75) is 19.0 Å². The topological polar surface area (TPSA) is 76.5 Å². The summed E-state index contributed by atoms with van der Waals surface area (Å²) in [5.74, 6) is -0.594. The maximum absolute atomic E-state index is 12.4. The number of fused-ring (bicyclic) bond motifs is 1. The van der Waals surface area contributed by atoms with Crippen LogP contribution in [0, 0.1) is 0 Å². The number of hydrogen-bond donors (Lipinski definition) is 1. The number of primary amides is 1. The summed E-state index contributed by atoms with van der Waals surface area (Å²) in [7, 11) is 0. The molecule has 102 valence electrons. The predicted octanol–water partition coefficient (Wildman–Crippen LogP) is 1.33. The van der Waals surface area contributed by atoms with E-state index in [4.69, 9.17) is 10.2 Å². The number of hydrogen-bond acceptors (Lipinski definition) is 3. The van der Waals surface area contributed by atoms with E-state index in [1.165, 1.54) is 11.2 Å². The quantitative estimate of drug-likeness (QED) is 0.894. The lowest BCUT2D eigenvalue weighted by Gasteiger charge is -2.34. The van der Waals surface area contributed by atoms with Crippen molar-refractivity contribution in [2.75, 3.05) is 0 Å². The molecular weight excluding hydrogens is 256 g/mol. The first-order valence-corrected chi connectivity index (χ1v) is 6.37. The molecule has 1 atom stereocenters. The predicted molar refractivity (Wildman–Crippen MR) is 71.7 cm³/mol.